The van der Waals surface area contributed by atoms with Crippen LogP contribution in [0.15, 0.2) is 83.8 Å². The molecule has 8 nitrogen and oxygen atoms in total. The van der Waals surface area contributed by atoms with Crippen molar-refractivity contribution in [2.75, 3.05) is 38.9 Å². The van der Waals surface area contributed by atoms with Crippen molar-refractivity contribution in [3.63, 3.8) is 0 Å². The van der Waals surface area contributed by atoms with Crippen LogP contribution in [-0.2, 0) is 26.0 Å². The minimum Gasteiger partial charge on any atom is -0.493 e. The Morgan fingerprint density at radius 2 is 1.56 bits per heavy atom. The zero-order chi connectivity index (χ0) is 30.9. The molecule has 0 radical (unpaired) electrons. The van der Waals surface area contributed by atoms with Crippen molar-refractivity contribution >= 4 is 32.4 Å². The van der Waals surface area contributed by atoms with Crippen LogP contribution >= 0.6 is 0 Å². The first kappa shape index (κ1) is 30.2. The second-order valence-corrected chi connectivity index (χ2v) is 11.7. The summed E-state index contributed by atoms with van der Waals surface area (Å²) in [5, 5.41) is 1.16. The van der Waals surface area contributed by atoms with Gasteiger partial charge in [-0.2, -0.15) is 13.2 Å². The molecule has 43 heavy (non-hydrogen) atoms. The van der Waals surface area contributed by atoms with Crippen LogP contribution in [0.4, 0.5) is 18.9 Å². The molecule has 0 aliphatic carbocycles. The zero-order valence-electron chi connectivity index (χ0n) is 23.6. The van der Waals surface area contributed by atoms with Gasteiger partial charge in [-0.15, -0.1) is 0 Å². The Balaban J connectivity index is 1.75. The highest BCUT2D eigenvalue weighted by molar-refractivity contribution is 7.93. The first-order valence-electron chi connectivity index (χ1n) is 13.2. The molecule has 1 aliphatic heterocycles. The maximum Gasteiger partial charge on any atom is 0.471 e. The second kappa shape index (κ2) is 11.8. The van der Waals surface area contributed by atoms with Gasteiger partial charge in [0.2, 0.25) is 0 Å². The first-order valence-corrected chi connectivity index (χ1v) is 14.7. The monoisotopic (exact) mass is 614 g/mol. The largest absolute Gasteiger partial charge is 0.493 e. The number of rotatable bonds is 8. The summed E-state index contributed by atoms with van der Waals surface area (Å²) < 4.78 is 87.7. The van der Waals surface area contributed by atoms with Gasteiger partial charge in [-0.05, 0) is 47.2 Å². The van der Waals surface area contributed by atoms with E-state index in [4.69, 9.17) is 14.2 Å². The van der Waals surface area contributed by atoms with E-state index in [1.54, 1.807) is 54.6 Å². The van der Waals surface area contributed by atoms with Crippen LogP contribution in [0.3, 0.4) is 0 Å². The Morgan fingerprint density at radius 1 is 0.907 bits per heavy atom. The number of amides is 1. The summed E-state index contributed by atoms with van der Waals surface area (Å²) in [7, 11) is -0.174. The van der Waals surface area contributed by atoms with Gasteiger partial charge in [-0.1, -0.05) is 54.6 Å². The molecule has 0 N–H and O–H groups in total. The van der Waals surface area contributed by atoms with Crippen molar-refractivity contribution < 1.29 is 40.6 Å². The van der Waals surface area contributed by atoms with E-state index in [2.05, 4.69) is 0 Å². The van der Waals surface area contributed by atoms with Crippen LogP contribution in [0.2, 0.25) is 0 Å². The van der Waals surface area contributed by atoms with Crippen LogP contribution in [-0.4, -0.2) is 60.0 Å². The Bertz CT molecular complexity index is 1770. The number of benzene rings is 4. The van der Waals surface area contributed by atoms with Crippen molar-refractivity contribution in [3.05, 3.63) is 95.6 Å². The van der Waals surface area contributed by atoms with E-state index in [1.165, 1.54) is 45.6 Å². The molecule has 12 heteroatoms. The number of anilines is 1. The number of para-hydroxylation sites is 1. The molecule has 0 aromatic heterocycles. The third-order valence-electron chi connectivity index (χ3n) is 7.44. The molecule has 0 unspecified atom stereocenters. The Labute approximate surface area is 247 Å². The third kappa shape index (κ3) is 5.48. The van der Waals surface area contributed by atoms with E-state index >= 15 is 0 Å². The zero-order valence-corrected chi connectivity index (χ0v) is 24.4. The number of hydrogen-bond donors (Lipinski definition) is 0. The summed E-state index contributed by atoms with van der Waals surface area (Å²) in [6, 6.07) is 19.9. The summed E-state index contributed by atoms with van der Waals surface area (Å²) in [6.07, 6.45) is -5.05. The average molecular weight is 615 g/mol. The van der Waals surface area contributed by atoms with Crippen LogP contribution in [0.5, 0.6) is 11.5 Å². The lowest BCUT2D eigenvalue weighted by molar-refractivity contribution is -0.187. The smallest absolute Gasteiger partial charge is 0.471 e. The molecule has 0 spiro atoms. The average Bonchev–Trinajstić information content (AvgIpc) is 3.01. The predicted octanol–water partition coefficient (Wildman–Crippen LogP) is 5.69. The fourth-order valence-electron chi connectivity index (χ4n) is 5.53. The highest BCUT2D eigenvalue weighted by atomic mass is 32.2. The summed E-state index contributed by atoms with van der Waals surface area (Å²) in [5.74, 6) is -1.41. The van der Waals surface area contributed by atoms with Gasteiger partial charge < -0.3 is 19.1 Å². The molecule has 4 aromatic carbocycles. The molecule has 1 amide bonds. The Hall–Kier alpha value is -4.29. The van der Waals surface area contributed by atoms with E-state index in [-0.39, 0.29) is 34.9 Å². The molecular formula is C31H29F3N2O6S. The molecule has 0 fully saturated rings. The lowest BCUT2D eigenvalue weighted by atomic mass is 9.86. The van der Waals surface area contributed by atoms with E-state index in [0.717, 1.165) is 9.21 Å². The van der Waals surface area contributed by atoms with Gasteiger partial charge in [-0.25, -0.2) is 12.7 Å². The van der Waals surface area contributed by atoms with Crippen LogP contribution < -0.4 is 13.8 Å². The summed E-state index contributed by atoms with van der Waals surface area (Å²) in [5.41, 5.74) is 1.21. The van der Waals surface area contributed by atoms with Crippen molar-refractivity contribution in [2.45, 2.75) is 23.5 Å². The number of carbonyl (C=O) groups is 1. The van der Waals surface area contributed by atoms with Gasteiger partial charge in [0.15, 0.2) is 11.5 Å². The minimum atomic E-state index is -5.16. The summed E-state index contributed by atoms with van der Waals surface area (Å²) >= 11 is 0. The van der Waals surface area contributed by atoms with Gasteiger partial charge in [0.25, 0.3) is 10.0 Å². The number of hydrogen-bond acceptors (Lipinski definition) is 6. The molecule has 4 aromatic rings. The Morgan fingerprint density at radius 3 is 2.26 bits per heavy atom. The van der Waals surface area contributed by atoms with Gasteiger partial charge in [-0.3, -0.25) is 4.79 Å². The van der Waals surface area contributed by atoms with Gasteiger partial charge >= 0.3 is 12.1 Å². The van der Waals surface area contributed by atoms with Crippen molar-refractivity contribution in [3.8, 4) is 11.5 Å². The quantitative estimate of drug-likeness (QED) is 0.237. The fraction of sp³-hybridized carbons (Fsp3) is 0.258. The highest BCUT2D eigenvalue weighted by Gasteiger charge is 2.47. The van der Waals surface area contributed by atoms with E-state index in [0.29, 0.717) is 27.6 Å². The topological polar surface area (TPSA) is 85.4 Å². The molecule has 0 saturated carbocycles. The molecule has 226 valence electrons. The normalized spacial score (nSPS) is 15.2. The van der Waals surface area contributed by atoms with E-state index < -0.39 is 34.9 Å². The molecule has 1 heterocycles. The summed E-state index contributed by atoms with van der Waals surface area (Å²) in [4.78, 5) is 13.6. The molecule has 1 aliphatic rings. The number of ether oxygens (including phenoxy) is 3. The second-order valence-electron chi connectivity index (χ2n) is 9.86. The van der Waals surface area contributed by atoms with Gasteiger partial charge in [0, 0.05) is 24.6 Å². The number of methoxy groups -OCH3 is 3. The number of halogens is 3. The molecule has 0 bridgehead atoms. The van der Waals surface area contributed by atoms with E-state index in [1.807, 2.05) is 0 Å². The Kier molecular flexibility index (Phi) is 8.26. The lowest BCUT2D eigenvalue weighted by Crippen LogP contribution is -2.47. The SMILES string of the molecule is COCN(c1ccccc1[C@@H]1c2cc(OC)c(OC)cc2CCN1C(=O)C(F)(F)F)S(=O)(=O)c1cccc2ccccc12. The van der Waals surface area contributed by atoms with Gasteiger partial charge in [0.05, 0.1) is 30.8 Å². The number of nitrogens with zero attached hydrogens (tertiary/aromatic N) is 2. The highest BCUT2D eigenvalue weighted by Crippen LogP contribution is 2.45. The van der Waals surface area contributed by atoms with Crippen molar-refractivity contribution in [1.29, 1.82) is 0 Å². The number of fused-ring (bicyclic) bond motifs is 2. The van der Waals surface area contributed by atoms with Crippen molar-refractivity contribution in [1.82, 2.24) is 4.90 Å². The maximum absolute atomic E-state index is 14.3. The predicted molar refractivity (Wildman–Crippen MR) is 155 cm³/mol. The maximum atomic E-state index is 14.3. The number of carbonyl (C=O) groups excluding carboxylic acids is 1. The van der Waals surface area contributed by atoms with Crippen molar-refractivity contribution in [2.24, 2.45) is 0 Å². The molecular weight excluding hydrogens is 585 g/mol. The van der Waals surface area contributed by atoms with Crippen LogP contribution in [0.25, 0.3) is 10.8 Å². The number of sulfonamides is 1. The summed E-state index contributed by atoms with van der Waals surface area (Å²) in [6.45, 7) is -0.707. The fourth-order valence-corrected chi connectivity index (χ4v) is 7.15. The van der Waals surface area contributed by atoms with E-state index in [9.17, 15) is 26.4 Å². The molecule has 1 atom stereocenters. The number of alkyl halides is 3. The van der Waals surface area contributed by atoms with Crippen LogP contribution in [0.1, 0.15) is 22.7 Å². The minimum absolute atomic E-state index is 0.00359. The van der Waals surface area contributed by atoms with Gasteiger partial charge in [0.1, 0.15) is 6.73 Å². The molecule has 5 rings (SSSR count). The standard InChI is InChI=1S/C31H29F3N2O6S/c1-40-19-36(43(38,39)28-14-8-10-20-9-4-5-11-22(20)28)25-13-7-6-12-23(25)29-24-18-27(42-3)26(41-2)17-21(24)15-16-35(29)30(37)31(32,33)34/h4-14,17-18,29H,15-16,19H2,1-3H3/t29-/m1/s1. The first-order chi connectivity index (χ1) is 20.5. The lowest BCUT2D eigenvalue weighted by Gasteiger charge is -2.40. The molecule has 0 saturated heterocycles. The third-order valence-corrected chi connectivity index (χ3v) is 9.24. The van der Waals surface area contributed by atoms with Crippen LogP contribution in [0, 0.1) is 0 Å².